The topological polar surface area (TPSA) is 120 Å². The van der Waals surface area contributed by atoms with Crippen LogP contribution >= 0.6 is 0 Å². The molecule has 2 N–H and O–H groups in total. The summed E-state index contributed by atoms with van der Waals surface area (Å²) >= 11 is 0. The summed E-state index contributed by atoms with van der Waals surface area (Å²) in [6, 6.07) is 10.3. The van der Waals surface area contributed by atoms with Gasteiger partial charge in [0.15, 0.2) is 6.61 Å². The van der Waals surface area contributed by atoms with Crippen molar-refractivity contribution < 1.29 is 24.0 Å². The van der Waals surface area contributed by atoms with Crippen LogP contribution in [0.4, 0.5) is 17.1 Å². The number of ether oxygens (including phenoxy) is 2. The van der Waals surface area contributed by atoms with Gasteiger partial charge in [0.2, 0.25) is 0 Å². The average Bonchev–Trinajstić information content (AvgIpc) is 2.66. The van der Waals surface area contributed by atoms with Gasteiger partial charge in [-0.2, -0.15) is 0 Å². The lowest BCUT2D eigenvalue weighted by Crippen LogP contribution is -2.14. The highest BCUT2D eigenvalue weighted by Crippen LogP contribution is 2.23. The molecule has 9 nitrogen and oxygen atoms in total. The van der Waals surface area contributed by atoms with E-state index in [2.05, 4.69) is 15.4 Å². The largest absolute Gasteiger partial charge is 0.482 e. The highest BCUT2D eigenvalue weighted by Gasteiger charge is 2.16. The number of nitrogens with zero attached hydrogens (tertiary/aromatic N) is 1. The van der Waals surface area contributed by atoms with Crippen LogP contribution in [-0.4, -0.2) is 37.6 Å². The number of anilines is 2. The summed E-state index contributed by atoms with van der Waals surface area (Å²) in [4.78, 5) is 33.8. The fourth-order valence-corrected chi connectivity index (χ4v) is 2.09. The van der Waals surface area contributed by atoms with Crippen LogP contribution in [-0.2, 0) is 9.53 Å². The predicted octanol–water partition coefficient (Wildman–Crippen LogP) is 2.44. The van der Waals surface area contributed by atoms with Crippen LogP contribution in [0, 0.1) is 10.1 Å². The Labute approximate surface area is 149 Å². The summed E-state index contributed by atoms with van der Waals surface area (Å²) in [7, 11) is 2.88. The molecule has 0 bridgehead atoms. The minimum absolute atomic E-state index is 0.146. The highest BCUT2D eigenvalue weighted by molar-refractivity contribution is 6.08. The Morgan fingerprint density at radius 3 is 2.42 bits per heavy atom. The van der Waals surface area contributed by atoms with E-state index in [1.807, 2.05) is 0 Å². The molecule has 0 aliphatic rings. The van der Waals surface area contributed by atoms with E-state index in [1.165, 1.54) is 25.3 Å². The number of nitrogens with one attached hydrogen (secondary N) is 2. The molecule has 0 fully saturated rings. The zero-order valence-electron chi connectivity index (χ0n) is 14.1. The Morgan fingerprint density at radius 1 is 1.15 bits per heavy atom. The molecule has 1 amide bonds. The zero-order valence-corrected chi connectivity index (χ0v) is 14.1. The first-order valence-electron chi connectivity index (χ1n) is 7.52. The number of hydrogen-bond donors (Lipinski definition) is 2. The van der Waals surface area contributed by atoms with Gasteiger partial charge in [-0.1, -0.05) is 0 Å². The van der Waals surface area contributed by atoms with Gasteiger partial charge in [0.25, 0.3) is 11.6 Å². The van der Waals surface area contributed by atoms with Gasteiger partial charge in [0.1, 0.15) is 5.75 Å². The Bertz CT molecular complexity index is 820. The molecule has 9 heteroatoms. The van der Waals surface area contributed by atoms with Gasteiger partial charge in [0, 0.05) is 30.6 Å². The van der Waals surface area contributed by atoms with Crippen molar-refractivity contribution in [3.05, 3.63) is 58.1 Å². The number of carbonyl (C=O) groups is 2. The summed E-state index contributed by atoms with van der Waals surface area (Å²) in [5, 5.41) is 16.4. The van der Waals surface area contributed by atoms with E-state index in [1.54, 1.807) is 31.3 Å². The molecule has 0 radical (unpaired) electrons. The van der Waals surface area contributed by atoms with Gasteiger partial charge in [0.05, 0.1) is 17.6 Å². The van der Waals surface area contributed by atoms with Crippen LogP contribution in [0.5, 0.6) is 5.75 Å². The second kappa shape index (κ2) is 8.47. The predicted molar refractivity (Wildman–Crippen MR) is 94.5 cm³/mol. The number of nitro groups is 1. The molecule has 0 spiro atoms. The van der Waals surface area contributed by atoms with Crippen molar-refractivity contribution >= 4 is 28.9 Å². The normalized spacial score (nSPS) is 9.92. The Hall–Kier alpha value is -3.62. The van der Waals surface area contributed by atoms with Crippen LogP contribution < -0.4 is 15.4 Å². The molecule has 26 heavy (non-hydrogen) atoms. The van der Waals surface area contributed by atoms with Gasteiger partial charge in [-0.25, -0.2) is 4.79 Å². The fourth-order valence-electron chi connectivity index (χ4n) is 2.09. The summed E-state index contributed by atoms with van der Waals surface area (Å²) in [6.45, 7) is -0.221. The Morgan fingerprint density at radius 2 is 1.85 bits per heavy atom. The number of rotatable bonds is 7. The maximum absolute atomic E-state index is 12.4. The third-order valence-corrected chi connectivity index (χ3v) is 3.42. The molecule has 0 aromatic heterocycles. The summed E-state index contributed by atoms with van der Waals surface area (Å²) < 4.78 is 9.68. The highest BCUT2D eigenvalue weighted by atomic mass is 16.6. The Kier molecular flexibility index (Phi) is 6.10. The first-order valence-corrected chi connectivity index (χ1v) is 7.52. The standard InChI is InChI=1S/C17H17N3O6/c1-18-15-8-5-12(20(23)24)9-14(15)17(22)19-11-3-6-13(7-4-11)26-10-16(21)25-2/h3-9,18H,10H2,1-2H3,(H,19,22). The van der Waals surface area contributed by atoms with E-state index < -0.39 is 16.8 Å². The van der Waals surface area contributed by atoms with Crippen molar-refractivity contribution in [2.75, 3.05) is 31.4 Å². The van der Waals surface area contributed by atoms with E-state index >= 15 is 0 Å². The van der Waals surface area contributed by atoms with Gasteiger partial charge < -0.3 is 20.1 Å². The van der Waals surface area contributed by atoms with Crippen LogP contribution in [0.3, 0.4) is 0 Å². The van der Waals surface area contributed by atoms with Crippen molar-refractivity contribution in [2.45, 2.75) is 0 Å². The summed E-state index contributed by atoms with van der Waals surface area (Å²) in [5.41, 5.74) is 0.897. The molecule has 0 atom stereocenters. The maximum Gasteiger partial charge on any atom is 0.343 e. The number of esters is 1. The van der Waals surface area contributed by atoms with Crippen molar-refractivity contribution in [1.82, 2.24) is 0 Å². The number of amides is 1. The molecule has 2 aromatic rings. The third-order valence-electron chi connectivity index (χ3n) is 3.42. The molecule has 0 aliphatic heterocycles. The summed E-state index contributed by atoms with van der Waals surface area (Å²) in [6.07, 6.45) is 0. The van der Waals surface area contributed by atoms with Gasteiger partial charge in [-0.15, -0.1) is 0 Å². The number of hydrogen-bond acceptors (Lipinski definition) is 7. The average molecular weight is 359 g/mol. The smallest absolute Gasteiger partial charge is 0.343 e. The van der Waals surface area contributed by atoms with E-state index in [4.69, 9.17) is 4.74 Å². The quantitative estimate of drug-likeness (QED) is 0.442. The number of non-ortho nitro benzene ring substituents is 1. The number of benzene rings is 2. The Balaban J connectivity index is 2.11. The van der Waals surface area contributed by atoms with Crippen molar-refractivity contribution in [3.63, 3.8) is 0 Å². The van der Waals surface area contributed by atoms with E-state index in [0.717, 1.165) is 0 Å². The monoisotopic (exact) mass is 359 g/mol. The maximum atomic E-state index is 12.4. The lowest BCUT2D eigenvalue weighted by Gasteiger charge is -2.10. The van der Waals surface area contributed by atoms with Crippen molar-refractivity contribution in [3.8, 4) is 5.75 Å². The molecule has 0 saturated heterocycles. The number of methoxy groups -OCH3 is 1. The molecule has 0 aliphatic carbocycles. The van der Waals surface area contributed by atoms with Gasteiger partial charge in [-0.05, 0) is 30.3 Å². The van der Waals surface area contributed by atoms with Crippen LogP contribution in [0.2, 0.25) is 0 Å². The lowest BCUT2D eigenvalue weighted by atomic mass is 10.1. The second-order valence-corrected chi connectivity index (χ2v) is 5.08. The molecule has 2 rings (SSSR count). The van der Waals surface area contributed by atoms with Crippen molar-refractivity contribution in [2.24, 2.45) is 0 Å². The third kappa shape index (κ3) is 4.69. The fraction of sp³-hybridized carbons (Fsp3) is 0.176. The first-order chi connectivity index (χ1) is 12.4. The zero-order chi connectivity index (χ0) is 19.1. The molecule has 0 saturated carbocycles. The van der Waals surface area contributed by atoms with E-state index in [0.29, 0.717) is 17.1 Å². The van der Waals surface area contributed by atoms with Crippen LogP contribution in [0.1, 0.15) is 10.4 Å². The molecular weight excluding hydrogens is 342 g/mol. The number of carbonyl (C=O) groups excluding carboxylic acids is 2. The first kappa shape index (κ1) is 18.7. The van der Waals surface area contributed by atoms with Gasteiger partial charge >= 0.3 is 5.97 Å². The molecule has 0 heterocycles. The second-order valence-electron chi connectivity index (χ2n) is 5.08. The molecule has 0 unspecified atom stereocenters. The van der Waals surface area contributed by atoms with E-state index in [9.17, 15) is 19.7 Å². The van der Waals surface area contributed by atoms with Crippen molar-refractivity contribution in [1.29, 1.82) is 0 Å². The minimum Gasteiger partial charge on any atom is -0.482 e. The minimum atomic E-state index is -0.566. The van der Waals surface area contributed by atoms with E-state index in [-0.39, 0.29) is 17.9 Å². The molecule has 2 aromatic carbocycles. The van der Waals surface area contributed by atoms with Crippen LogP contribution in [0.25, 0.3) is 0 Å². The summed E-state index contributed by atoms with van der Waals surface area (Å²) in [5.74, 6) is -0.575. The lowest BCUT2D eigenvalue weighted by molar-refractivity contribution is -0.384. The van der Waals surface area contributed by atoms with Crippen LogP contribution in [0.15, 0.2) is 42.5 Å². The van der Waals surface area contributed by atoms with Gasteiger partial charge in [-0.3, -0.25) is 14.9 Å². The SMILES string of the molecule is CNc1ccc([N+](=O)[O-])cc1C(=O)Nc1ccc(OCC(=O)OC)cc1. The molecule has 136 valence electrons. The number of nitro benzene ring substituents is 1. The molecular formula is C17H17N3O6.